The number of hydrogen-bond acceptors (Lipinski definition) is 4. The van der Waals surface area contributed by atoms with Crippen molar-refractivity contribution in [2.75, 3.05) is 31.1 Å². The molecule has 21 heavy (non-hydrogen) atoms. The van der Waals surface area contributed by atoms with Crippen molar-refractivity contribution in [3.63, 3.8) is 0 Å². The number of aromatic nitrogens is 1. The maximum atomic E-state index is 5.62. The Morgan fingerprint density at radius 2 is 1.81 bits per heavy atom. The van der Waals surface area contributed by atoms with Gasteiger partial charge in [-0.2, -0.15) is 0 Å². The SMILES string of the molecule is NC(=S)c1ccc(N2CCC(N3CCCCC3)CC2)nc1. The van der Waals surface area contributed by atoms with Crippen LogP contribution in [0.5, 0.6) is 0 Å². The standard InChI is InChI=1S/C16H24N4S/c17-16(21)13-4-5-15(18-12-13)20-10-6-14(7-11-20)19-8-2-1-3-9-19/h4-5,12,14H,1-3,6-11H2,(H2,17,21). The van der Waals surface area contributed by atoms with Crippen LogP contribution in [0.25, 0.3) is 0 Å². The zero-order valence-corrected chi connectivity index (χ0v) is 13.3. The van der Waals surface area contributed by atoms with Crippen LogP contribution >= 0.6 is 12.2 Å². The van der Waals surface area contributed by atoms with Crippen molar-refractivity contribution >= 4 is 23.0 Å². The fraction of sp³-hybridized carbons (Fsp3) is 0.625. The molecule has 3 heterocycles. The number of pyridine rings is 1. The molecule has 114 valence electrons. The number of anilines is 1. The second-order valence-corrected chi connectivity index (χ2v) is 6.52. The highest BCUT2D eigenvalue weighted by Gasteiger charge is 2.25. The van der Waals surface area contributed by atoms with Crippen molar-refractivity contribution in [1.82, 2.24) is 9.88 Å². The molecule has 0 spiro atoms. The van der Waals surface area contributed by atoms with Gasteiger partial charge in [-0.05, 0) is 50.9 Å². The van der Waals surface area contributed by atoms with E-state index in [2.05, 4.69) is 14.8 Å². The third-order valence-corrected chi connectivity index (χ3v) is 4.96. The van der Waals surface area contributed by atoms with Crippen LogP contribution in [0.4, 0.5) is 5.82 Å². The molecule has 0 atom stereocenters. The van der Waals surface area contributed by atoms with Crippen LogP contribution in [-0.4, -0.2) is 47.1 Å². The molecule has 0 saturated carbocycles. The topological polar surface area (TPSA) is 45.4 Å². The predicted octanol–water partition coefficient (Wildman–Crippen LogP) is 2.17. The molecule has 5 heteroatoms. The van der Waals surface area contributed by atoms with Crippen LogP contribution in [-0.2, 0) is 0 Å². The smallest absolute Gasteiger partial charge is 0.128 e. The molecule has 2 N–H and O–H groups in total. The molecule has 2 fully saturated rings. The predicted molar refractivity (Wildman–Crippen MR) is 90.8 cm³/mol. The number of nitrogens with two attached hydrogens (primary N) is 1. The van der Waals surface area contributed by atoms with E-state index in [9.17, 15) is 0 Å². The summed E-state index contributed by atoms with van der Waals surface area (Å²) in [7, 11) is 0. The fourth-order valence-electron chi connectivity index (χ4n) is 3.46. The van der Waals surface area contributed by atoms with Gasteiger partial charge in [-0.15, -0.1) is 0 Å². The van der Waals surface area contributed by atoms with Crippen molar-refractivity contribution in [3.8, 4) is 0 Å². The maximum absolute atomic E-state index is 5.62. The van der Waals surface area contributed by atoms with Crippen LogP contribution in [0.2, 0.25) is 0 Å². The van der Waals surface area contributed by atoms with Gasteiger partial charge in [0.05, 0.1) is 0 Å². The van der Waals surface area contributed by atoms with Crippen LogP contribution in [0.1, 0.15) is 37.7 Å². The van der Waals surface area contributed by atoms with E-state index in [1.165, 1.54) is 45.2 Å². The molecule has 0 amide bonds. The molecule has 0 radical (unpaired) electrons. The first-order valence-electron chi connectivity index (χ1n) is 7.99. The summed E-state index contributed by atoms with van der Waals surface area (Å²) in [5, 5.41) is 0. The Hall–Kier alpha value is -1.20. The van der Waals surface area contributed by atoms with Crippen LogP contribution in [0, 0.1) is 0 Å². The van der Waals surface area contributed by atoms with E-state index in [-0.39, 0.29) is 0 Å². The van der Waals surface area contributed by atoms with Gasteiger partial charge in [-0.3, -0.25) is 0 Å². The van der Waals surface area contributed by atoms with Crippen molar-refractivity contribution in [3.05, 3.63) is 23.9 Å². The minimum atomic E-state index is 0.415. The van der Waals surface area contributed by atoms with Gasteiger partial charge < -0.3 is 15.5 Å². The third kappa shape index (κ3) is 3.52. The van der Waals surface area contributed by atoms with E-state index in [4.69, 9.17) is 18.0 Å². The van der Waals surface area contributed by atoms with Crippen molar-refractivity contribution in [1.29, 1.82) is 0 Å². The molecule has 3 rings (SSSR count). The zero-order valence-electron chi connectivity index (χ0n) is 12.5. The number of rotatable bonds is 3. The lowest BCUT2D eigenvalue weighted by Gasteiger charge is -2.40. The molecule has 0 aliphatic carbocycles. The van der Waals surface area contributed by atoms with Gasteiger partial charge in [0.25, 0.3) is 0 Å². The average molecular weight is 304 g/mol. The molecule has 2 aliphatic rings. The molecule has 0 bridgehead atoms. The summed E-state index contributed by atoms with van der Waals surface area (Å²) in [5.41, 5.74) is 6.46. The summed E-state index contributed by atoms with van der Waals surface area (Å²) in [6.45, 7) is 4.79. The lowest BCUT2D eigenvalue weighted by atomic mass is 10.00. The molecule has 1 aromatic rings. The number of hydrogen-bond donors (Lipinski definition) is 1. The van der Waals surface area contributed by atoms with Gasteiger partial charge in [0, 0.05) is 30.9 Å². The Kier molecular flexibility index (Phi) is 4.70. The first kappa shape index (κ1) is 14.7. The average Bonchev–Trinajstić information content (AvgIpc) is 2.56. The minimum absolute atomic E-state index is 0.415. The molecular formula is C16H24N4S. The lowest BCUT2D eigenvalue weighted by molar-refractivity contribution is 0.141. The Morgan fingerprint density at radius 1 is 1.10 bits per heavy atom. The molecule has 2 saturated heterocycles. The Bertz CT molecular complexity index is 474. The molecule has 0 unspecified atom stereocenters. The second kappa shape index (κ2) is 6.71. The van der Waals surface area contributed by atoms with E-state index in [1.54, 1.807) is 6.20 Å². The molecule has 0 aromatic carbocycles. The lowest BCUT2D eigenvalue weighted by Crippen LogP contribution is -2.46. The highest BCUT2D eigenvalue weighted by atomic mass is 32.1. The zero-order chi connectivity index (χ0) is 14.7. The number of nitrogens with zero attached hydrogens (tertiary/aromatic N) is 3. The second-order valence-electron chi connectivity index (χ2n) is 6.08. The maximum Gasteiger partial charge on any atom is 0.128 e. The molecule has 2 aliphatic heterocycles. The summed E-state index contributed by atoms with van der Waals surface area (Å²) < 4.78 is 0. The van der Waals surface area contributed by atoms with E-state index in [0.717, 1.165) is 30.5 Å². The van der Waals surface area contributed by atoms with E-state index in [0.29, 0.717) is 4.99 Å². The quantitative estimate of drug-likeness (QED) is 0.867. The van der Waals surface area contributed by atoms with E-state index in [1.807, 2.05) is 12.1 Å². The Morgan fingerprint density at radius 3 is 2.38 bits per heavy atom. The fourth-order valence-corrected chi connectivity index (χ4v) is 3.58. The van der Waals surface area contributed by atoms with Crippen LogP contribution in [0.3, 0.4) is 0 Å². The Balaban J connectivity index is 1.56. The molecular weight excluding hydrogens is 280 g/mol. The van der Waals surface area contributed by atoms with E-state index >= 15 is 0 Å². The van der Waals surface area contributed by atoms with Gasteiger partial charge in [0.15, 0.2) is 0 Å². The molecule has 1 aromatic heterocycles. The van der Waals surface area contributed by atoms with Crippen LogP contribution in [0.15, 0.2) is 18.3 Å². The largest absolute Gasteiger partial charge is 0.389 e. The minimum Gasteiger partial charge on any atom is -0.389 e. The summed E-state index contributed by atoms with van der Waals surface area (Å²) in [4.78, 5) is 10.00. The number of likely N-dealkylation sites (tertiary alicyclic amines) is 1. The van der Waals surface area contributed by atoms with Gasteiger partial charge >= 0.3 is 0 Å². The van der Waals surface area contributed by atoms with Gasteiger partial charge in [0.2, 0.25) is 0 Å². The van der Waals surface area contributed by atoms with Crippen molar-refractivity contribution in [2.45, 2.75) is 38.1 Å². The highest BCUT2D eigenvalue weighted by Crippen LogP contribution is 2.23. The summed E-state index contributed by atoms with van der Waals surface area (Å²) in [6, 6.07) is 4.79. The summed E-state index contributed by atoms with van der Waals surface area (Å²) >= 11 is 4.97. The van der Waals surface area contributed by atoms with Gasteiger partial charge in [0.1, 0.15) is 10.8 Å². The van der Waals surface area contributed by atoms with Crippen LogP contribution < -0.4 is 10.6 Å². The summed E-state index contributed by atoms with van der Waals surface area (Å²) in [5.74, 6) is 1.05. The first-order valence-corrected chi connectivity index (χ1v) is 8.40. The first-order chi connectivity index (χ1) is 10.2. The monoisotopic (exact) mass is 304 g/mol. The number of thiocarbonyl (C=S) groups is 1. The normalized spacial score (nSPS) is 21.4. The summed E-state index contributed by atoms with van der Waals surface area (Å²) in [6.07, 6.45) is 8.45. The molecule has 4 nitrogen and oxygen atoms in total. The van der Waals surface area contributed by atoms with Crippen molar-refractivity contribution < 1.29 is 0 Å². The highest BCUT2D eigenvalue weighted by molar-refractivity contribution is 7.80. The Labute approximate surface area is 132 Å². The van der Waals surface area contributed by atoms with Gasteiger partial charge in [-0.1, -0.05) is 18.6 Å². The number of piperidine rings is 2. The van der Waals surface area contributed by atoms with Crippen molar-refractivity contribution in [2.24, 2.45) is 5.73 Å². The van der Waals surface area contributed by atoms with E-state index < -0.39 is 0 Å². The van der Waals surface area contributed by atoms with Gasteiger partial charge in [-0.25, -0.2) is 4.98 Å². The third-order valence-electron chi connectivity index (χ3n) is 4.73.